The van der Waals surface area contributed by atoms with Gasteiger partial charge in [-0.15, -0.1) is 0 Å². The van der Waals surface area contributed by atoms with E-state index < -0.39 is 5.63 Å². The SMILES string of the molecule is CSc1nc(C)c(CCC(=O)OCc2cc(=O)oc3cc(NC(C)=O)ccc23)c(C)n1. The lowest BCUT2D eigenvalue weighted by Crippen LogP contribution is -2.10. The number of anilines is 1. The summed E-state index contributed by atoms with van der Waals surface area (Å²) in [6.45, 7) is 5.14. The van der Waals surface area contributed by atoms with Gasteiger partial charge >= 0.3 is 11.6 Å². The first-order valence-electron chi connectivity index (χ1n) is 9.65. The van der Waals surface area contributed by atoms with Crippen LogP contribution in [0.3, 0.4) is 0 Å². The Bertz CT molecular complexity index is 1180. The third kappa shape index (κ3) is 5.69. The van der Waals surface area contributed by atoms with Crippen LogP contribution >= 0.6 is 11.8 Å². The van der Waals surface area contributed by atoms with Crippen LogP contribution in [0.5, 0.6) is 0 Å². The van der Waals surface area contributed by atoms with Gasteiger partial charge in [-0.2, -0.15) is 0 Å². The molecule has 31 heavy (non-hydrogen) atoms. The number of fused-ring (bicyclic) bond motifs is 1. The summed E-state index contributed by atoms with van der Waals surface area (Å²) >= 11 is 1.47. The maximum absolute atomic E-state index is 12.3. The smallest absolute Gasteiger partial charge is 0.336 e. The Hall–Kier alpha value is -3.20. The van der Waals surface area contributed by atoms with Crippen molar-refractivity contribution in [2.45, 2.75) is 45.4 Å². The van der Waals surface area contributed by atoms with E-state index in [1.807, 2.05) is 20.1 Å². The molecule has 0 unspecified atom stereocenters. The van der Waals surface area contributed by atoms with E-state index in [0.29, 0.717) is 33.8 Å². The van der Waals surface area contributed by atoms with Gasteiger partial charge < -0.3 is 14.5 Å². The fourth-order valence-corrected chi connectivity index (χ4v) is 3.71. The van der Waals surface area contributed by atoms with Crippen molar-refractivity contribution in [1.82, 2.24) is 9.97 Å². The van der Waals surface area contributed by atoms with Gasteiger partial charge in [0.1, 0.15) is 12.2 Å². The topological polar surface area (TPSA) is 111 Å². The molecule has 9 heteroatoms. The zero-order valence-electron chi connectivity index (χ0n) is 17.8. The molecule has 2 aromatic heterocycles. The largest absolute Gasteiger partial charge is 0.461 e. The molecule has 1 N–H and O–H groups in total. The molecular weight excluding hydrogens is 418 g/mol. The molecule has 0 aliphatic carbocycles. The van der Waals surface area contributed by atoms with Gasteiger partial charge in [-0.25, -0.2) is 14.8 Å². The zero-order chi connectivity index (χ0) is 22.5. The predicted octanol–water partition coefficient (Wildman–Crippen LogP) is 3.56. The highest BCUT2D eigenvalue weighted by Crippen LogP contribution is 2.22. The average molecular weight is 442 g/mol. The summed E-state index contributed by atoms with van der Waals surface area (Å²) in [5.41, 5.74) is 3.44. The normalized spacial score (nSPS) is 10.8. The number of hydrogen-bond donors (Lipinski definition) is 1. The van der Waals surface area contributed by atoms with E-state index >= 15 is 0 Å². The second-order valence-electron chi connectivity index (χ2n) is 7.00. The number of esters is 1. The molecule has 8 nitrogen and oxygen atoms in total. The van der Waals surface area contributed by atoms with Crippen molar-refractivity contribution in [3.63, 3.8) is 0 Å². The maximum Gasteiger partial charge on any atom is 0.336 e. The Balaban J connectivity index is 1.69. The lowest BCUT2D eigenvalue weighted by molar-refractivity contribution is -0.144. The second kappa shape index (κ2) is 9.74. The fourth-order valence-electron chi connectivity index (χ4n) is 3.25. The monoisotopic (exact) mass is 441 g/mol. The molecule has 0 saturated carbocycles. The number of aryl methyl sites for hydroxylation is 2. The molecule has 3 rings (SSSR count). The highest BCUT2D eigenvalue weighted by atomic mass is 32.2. The summed E-state index contributed by atoms with van der Waals surface area (Å²) in [6, 6.07) is 6.27. The number of carbonyl (C=O) groups is 2. The standard InChI is InChI=1S/C22H23N3O5S/c1-12-17(13(2)24-22(23-12)31-4)7-8-20(27)29-11-15-9-21(28)30-19-10-16(25-14(3)26)5-6-18(15)19/h5-6,9-10H,7-8,11H2,1-4H3,(H,25,26). The van der Waals surface area contributed by atoms with E-state index in [-0.39, 0.29) is 24.9 Å². The molecule has 162 valence electrons. The van der Waals surface area contributed by atoms with Crippen LogP contribution in [0, 0.1) is 13.8 Å². The molecule has 3 aromatic rings. The van der Waals surface area contributed by atoms with Crippen molar-refractivity contribution in [2.24, 2.45) is 0 Å². The van der Waals surface area contributed by atoms with Crippen molar-refractivity contribution in [2.75, 3.05) is 11.6 Å². The number of ether oxygens (including phenoxy) is 1. The molecule has 0 aliphatic heterocycles. The van der Waals surface area contributed by atoms with Crippen molar-refractivity contribution >= 4 is 40.3 Å². The van der Waals surface area contributed by atoms with Gasteiger partial charge in [0, 0.05) is 53.5 Å². The molecule has 0 bridgehead atoms. The number of rotatable bonds is 7. The van der Waals surface area contributed by atoms with Crippen molar-refractivity contribution in [3.05, 3.63) is 57.2 Å². The molecular formula is C22H23N3O5S. The lowest BCUT2D eigenvalue weighted by Gasteiger charge is -2.11. The number of nitrogens with zero attached hydrogens (tertiary/aromatic N) is 2. The minimum Gasteiger partial charge on any atom is -0.461 e. The molecule has 0 atom stereocenters. The molecule has 0 fully saturated rings. The lowest BCUT2D eigenvalue weighted by atomic mass is 10.1. The van der Waals surface area contributed by atoms with Gasteiger partial charge in [0.25, 0.3) is 0 Å². The number of hydrogen-bond acceptors (Lipinski definition) is 8. The van der Waals surface area contributed by atoms with Crippen LogP contribution in [0.25, 0.3) is 11.0 Å². The molecule has 0 spiro atoms. The van der Waals surface area contributed by atoms with Crippen LogP contribution < -0.4 is 10.9 Å². The number of aromatic nitrogens is 2. The Morgan fingerprint density at radius 1 is 1.16 bits per heavy atom. The first kappa shape index (κ1) is 22.5. The summed E-state index contributed by atoms with van der Waals surface area (Å²) in [4.78, 5) is 44.3. The highest BCUT2D eigenvalue weighted by Gasteiger charge is 2.13. The minimum atomic E-state index is -0.559. The fraction of sp³-hybridized carbons (Fsp3) is 0.318. The average Bonchev–Trinajstić information content (AvgIpc) is 2.70. The van der Waals surface area contributed by atoms with Crippen LogP contribution in [0.4, 0.5) is 5.69 Å². The number of carbonyl (C=O) groups excluding carboxylic acids is 2. The zero-order valence-corrected chi connectivity index (χ0v) is 18.6. The second-order valence-corrected chi connectivity index (χ2v) is 7.78. The molecule has 2 heterocycles. The van der Waals surface area contributed by atoms with E-state index in [4.69, 9.17) is 9.15 Å². The number of nitrogens with one attached hydrogen (secondary N) is 1. The first-order valence-corrected chi connectivity index (χ1v) is 10.9. The van der Waals surface area contributed by atoms with E-state index in [2.05, 4.69) is 15.3 Å². The summed E-state index contributed by atoms with van der Waals surface area (Å²) in [5, 5.41) is 3.98. The Labute approximate surface area is 183 Å². The van der Waals surface area contributed by atoms with Gasteiger partial charge in [0.2, 0.25) is 5.91 Å². The number of thioether (sulfide) groups is 1. The Morgan fingerprint density at radius 2 is 1.87 bits per heavy atom. The summed E-state index contributed by atoms with van der Waals surface area (Å²) in [5.74, 6) is -0.616. The van der Waals surface area contributed by atoms with Crippen LogP contribution in [-0.2, 0) is 27.4 Å². The highest BCUT2D eigenvalue weighted by molar-refractivity contribution is 7.98. The molecule has 0 radical (unpaired) electrons. The molecule has 0 aliphatic rings. The Morgan fingerprint density at radius 3 is 2.52 bits per heavy atom. The van der Waals surface area contributed by atoms with E-state index in [0.717, 1.165) is 17.0 Å². The first-order chi connectivity index (χ1) is 14.8. The van der Waals surface area contributed by atoms with Gasteiger partial charge in [-0.05, 0) is 44.2 Å². The van der Waals surface area contributed by atoms with Gasteiger partial charge in [0.15, 0.2) is 5.16 Å². The third-order valence-corrected chi connectivity index (χ3v) is 5.25. The van der Waals surface area contributed by atoms with Crippen LogP contribution in [0.15, 0.2) is 38.6 Å². The van der Waals surface area contributed by atoms with Crippen molar-refractivity contribution < 1.29 is 18.7 Å². The number of amides is 1. The number of benzene rings is 1. The maximum atomic E-state index is 12.3. The summed E-state index contributed by atoms with van der Waals surface area (Å²) in [6.07, 6.45) is 2.57. The van der Waals surface area contributed by atoms with Crippen LogP contribution in [-0.4, -0.2) is 28.1 Å². The van der Waals surface area contributed by atoms with Gasteiger partial charge in [-0.1, -0.05) is 11.8 Å². The van der Waals surface area contributed by atoms with E-state index in [1.54, 1.807) is 18.2 Å². The summed E-state index contributed by atoms with van der Waals surface area (Å²) < 4.78 is 10.6. The molecule has 0 saturated heterocycles. The molecule has 1 aromatic carbocycles. The van der Waals surface area contributed by atoms with Crippen molar-refractivity contribution in [1.29, 1.82) is 0 Å². The third-order valence-electron chi connectivity index (χ3n) is 4.70. The quantitative estimate of drug-likeness (QED) is 0.256. The minimum absolute atomic E-state index is 0.0553. The van der Waals surface area contributed by atoms with Gasteiger partial charge in [0.05, 0.1) is 0 Å². The van der Waals surface area contributed by atoms with Crippen molar-refractivity contribution in [3.8, 4) is 0 Å². The van der Waals surface area contributed by atoms with Crippen LogP contribution in [0.1, 0.15) is 35.9 Å². The molecule has 1 amide bonds. The predicted molar refractivity (Wildman–Crippen MR) is 118 cm³/mol. The van der Waals surface area contributed by atoms with Gasteiger partial charge in [-0.3, -0.25) is 9.59 Å². The summed E-state index contributed by atoms with van der Waals surface area (Å²) in [7, 11) is 0. The van der Waals surface area contributed by atoms with Crippen LogP contribution in [0.2, 0.25) is 0 Å². The van der Waals surface area contributed by atoms with E-state index in [9.17, 15) is 14.4 Å². The van der Waals surface area contributed by atoms with E-state index in [1.165, 1.54) is 24.8 Å². The Kier molecular flexibility index (Phi) is 7.06.